The van der Waals surface area contributed by atoms with Crippen molar-refractivity contribution in [1.29, 1.82) is 0 Å². The molecule has 3 heteroatoms. The second kappa shape index (κ2) is 5.09. The average Bonchev–Trinajstić information content (AvgIpc) is 2.11. The molecule has 1 rings (SSSR count). The summed E-state index contributed by atoms with van der Waals surface area (Å²) >= 11 is 2.04. The molecule has 0 aliphatic carbocycles. The van der Waals surface area contributed by atoms with Crippen LogP contribution in [0.3, 0.4) is 0 Å². The van der Waals surface area contributed by atoms with Crippen molar-refractivity contribution >= 4 is 17.5 Å². The van der Waals surface area contributed by atoms with Crippen LogP contribution in [0.15, 0.2) is 0 Å². The van der Waals surface area contributed by atoms with Gasteiger partial charge in [-0.25, -0.2) is 0 Å². The van der Waals surface area contributed by atoms with Gasteiger partial charge in [0.15, 0.2) is 0 Å². The second-order valence-electron chi connectivity index (χ2n) is 6.31. The zero-order chi connectivity index (χ0) is 12.4. The van der Waals surface area contributed by atoms with Crippen molar-refractivity contribution in [3.63, 3.8) is 0 Å². The maximum absolute atomic E-state index is 11.8. The number of ketones is 1. The van der Waals surface area contributed by atoms with E-state index in [1.165, 1.54) is 5.75 Å². The van der Waals surface area contributed by atoms with E-state index >= 15 is 0 Å². The summed E-state index contributed by atoms with van der Waals surface area (Å²) in [6.45, 7) is 13.8. The van der Waals surface area contributed by atoms with Gasteiger partial charge < -0.3 is 4.90 Å². The lowest BCUT2D eigenvalue weighted by molar-refractivity contribution is -0.126. The monoisotopic (exact) mass is 243 g/mol. The summed E-state index contributed by atoms with van der Waals surface area (Å²) in [6.07, 6.45) is 0.699. The molecule has 0 amide bonds. The topological polar surface area (TPSA) is 20.3 Å². The van der Waals surface area contributed by atoms with E-state index in [2.05, 4.69) is 18.7 Å². The normalized spacial score (nSPS) is 22.1. The van der Waals surface area contributed by atoms with Crippen molar-refractivity contribution in [2.45, 2.75) is 45.8 Å². The minimum Gasteiger partial charge on any atom is -0.301 e. The first-order valence-electron chi connectivity index (χ1n) is 6.10. The molecule has 16 heavy (non-hydrogen) atoms. The van der Waals surface area contributed by atoms with Crippen LogP contribution in [0.5, 0.6) is 0 Å². The molecule has 94 valence electrons. The molecule has 1 aliphatic heterocycles. The Balaban J connectivity index is 2.36. The molecule has 0 aromatic rings. The summed E-state index contributed by atoms with van der Waals surface area (Å²) in [7, 11) is 0. The van der Waals surface area contributed by atoms with E-state index in [-0.39, 0.29) is 5.41 Å². The van der Waals surface area contributed by atoms with E-state index in [9.17, 15) is 4.79 Å². The van der Waals surface area contributed by atoms with Crippen molar-refractivity contribution in [2.24, 2.45) is 5.41 Å². The third-order valence-corrected chi connectivity index (χ3v) is 4.29. The van der Waals surface area contributed by atoms with Crippen molar-refractivity contribution in [1.82, 2.24) is 4.90 Å². The molecule has 0 bridgehead atoms. The largest absolute Gasteiger partial charge is 0.301 e. The molecule has 1 fully saturated rings. The molecule has 0 spiro atoms. The van der Waals surface area contributed by atoms with Gasteiger partial charge in [0.1, 0.15) is 5.78 Å². The molecule has 1 saturated heterocycles. The molecular weight excluding hydrogens is 218 g/mol. The number of hydrogen-bond acceptors (Lipinski definition) is 3. The van der Waals surface area contributed by atoms with Gasteiger partial charge in [0.05, 0.1) is 0 Å². The van der Waals surface area contributed by atoms with Gasteiger partial charge in [0.25, 0.3) is 0 Å². The first-order valence-corrected chi connectivity index (χ1v) is 7.09. The van der Waals surface area contributed by atoms with Crippen LogP contribution in [-0.4, -0.2) is 40.8 Å². The van der Waals surface area contributed by atoms with Crippen molar-refractivity contribution < 1.29 is 4.79 Å². The summed E-state index contributed by atoms with van der Waals surface area (Å²) in [5.74, 6) is 1.57. The van der Waals surface area contributed by atoms with Gasteiger partial charge in [-0.1, -0.05) is 20.8 Å². The third kappa shape index (κ3) is 4.46. The fourth-order valence-corrected chi connectivity index (χ4v) is 3.12. The number of rotatable bonds is 3. The Hall–Kier alpha value is -0.0200. The van der Waals surface area contributed by atoms with Crippen LogP contribution in [0.2, 0.25) is 0 Å². The van der Waals surface area contributed by atoms with Crippen LogP contribution in [0.1, 0.15) is 41.0 Å². The third-order valence-electron chi connectivity index (χ3n) is 3.00. The molecule has 0 N–H and O–H groups in total. The first kappa shape index (κ1) is 14.0. The van der Waals surface area contributed by atoms with Crippen LogP contribution < -0.4 is 0 Å². The highest BCUT2D eigenvalue weighted by molar-refractivity contribution is 8.00. The van der Waals surface area contributed by atoms with Crippen LogP contribution in [-0.2, 0) is 4.79 Å². The lowest BCUT2D eigenvalue weighted by atomic mass is 9.89. The molecule has 1 aliphatic rings. The lowest BCUT2D eigenvalue weighted by Gasteiger charge is -2.37. The summed E-state index contributed by atoms with van der Waals surface area (Å²) in [6, 6.07) is 0. The smallest absolute Gasteiger partial charge is 0.139 e. The quantitative estimate of drug-likeness (QED) is 0.760. The van der Waals surface area contributed by atoms with Gasteiger partial charge in [0.2, 0.25) is 0 Å². The molecule has 0 aromatic carbocycles. The van der Waals surface area contributed by atoms with Crippen molar-refractivity contribution in [3.05, 3.63) is 0 Å². The zero-order valence-corrected chi connectivity index (χ0v) is 12.1. The summed E-state index contributed by atoms with van der Waals surface area (Å²) in [5, 5.41) is 0. The minimum atomic E-state index is -0.181. The van der Waals surface area contributed by atoms with Crippen LogP contribution >= 0.6 is 11.8 Å². The van der Waals surface area contributed by atoms with Gasteiger partial charge in [-0.05, 0) is 13.8 Å². The molecule has 0 unspecified atom stereocenters. The van der Waals surface area contributed by atoms with E-state index < -0.39 is 0 Å². The zero-order valence-electron chi connectivity index (χ0n) is 11.3. The molecule has 0 aromatic heterocycles. The standard InChI is InChI=1S/C13H25NOS/c1-12(2,3)11(15)6-7-14-8-9-16-13(4,5)10-14/h6-10H2,1-5H3. The predicted molar refractivity (Wildman–Crippen MR) is 72.1 cm³/mol. The van der Waals surface area contributed by atoms with E-state index in [0.717, 1.165) is 19.6 Å². The maximum Gasteiger partial charge on any atom is 0.139 e. The highest BCUT2D eigenvalue weighted by atomic mass is 32.2. The molecule has 1 heterocycles. The first-order chi connectivity index (χ1) is 7.21. The molecule has 2 nitrogen and oxygen atoms in total. The lowest BCUT2D eigenvalue weighted by Crippen LogP contribution is -2.44. The van der Waals surface area contributed by atoms with Crippen molar-refractivity contribution in [2.75, 3.05) is 25.4 Å². The van der Waals surface area contributed by atoms with E-state index in [0.29, 0.717) is 17.0 Å². The molecular formula is C13H25NOS. The number of hydrogen-bond donors (Lipinski definition) is 0. The number of carbonyl (C=O) groups excluding carboxylic acids is 1. The average molecular weight is 243 g/mol. The van der Waals surface area contributed by atoms with Crippen LogP contribution in [0.25, 0.3) is 0 Å². The summed E-state index contributed by atoms with van der Waals surface area (Å²) in [4.78, 5) is 14.3. The van der Waals surface area contributed by atoms with E-state index in [1.807, 2.05) is 32.5 Å². The fourth-order valence-electron chi connectivity index (χ4n) is 1.94. The van der Waals surface area contributed by atoms with Gasteiger partial charge in [-0.15, -0.1) is 0 Å². The summed E-state index contributed by atoms with van der Waals surface area (Å²) < 4.78 is 0.350. The highest BCUT2D eigenvalue weighted by Crippen LogP contribution is 2.29. The SMILES string of the molecule is CC1(C)CN(CCC(=O)C(C)(C)C)CCS1. The number of carbonyl (C=O) groups is 1. The Morgan fingerprint density at radius 1 is 1.38 bits per heavy atom. The molecule has 0 atom stereocenters. The summed E-state index contributed by atoms with van der Waals surface area (Å²) in [5.41, 5.74) is -0.181. The minimum absolute atomic E-state index is 0.181. The van der Waals surface area contributed by atoms with E-state index in [1.54, 1.807) is 0 Å². The van der Waals surface area contributed by atoms with Gasteiger partial charge in [-0.3, -0.25) is 4.79 Å². The maximum atomic E-state index is 11.8. The van der Waals surface area contributed by atoms with Gasteiger partial charge in [-0.2, -0.15) is 11.8 Å². The molecule has 0 saturated carbocycles. The Morgan fingerprint density at radius 3 is 2.50 bits per heavy atom. The highest BCUT2D eigenvalue weighted by Gasteiger charge is 2.28. The fraction of sp³-hybridized carbons (Fsp3) is 0.923. The Morgan fingerprint density at radius 2 is 2.00 bits per heavy atom. The van der Waals surface area contributed by atoms with Gasteiger partial charge in [0, 0.05) is 42.0 Å². The number of thioether (sulfide) groups is 1. The predicted octanol–water partition coefficient (Wildman–Crippen LogP) is 2.82. The van der Waals surface area contributed by atoms with Crippen molar-refractivity contribution in [3.8, 4) is 0 Å². The molecule has 0 radical (unpaired) electrons. The van der Waals surface area contributed by atoms with Crippen LogP contribution in [0.4, 0.5) is 0 Å². The van der Waals surface area contributed by atoms with Gasteiger partial charge >= 0.3 is 0 Å². The second-order valence-corrected chi connectivity index (χ2v) is 8.11. The van der Waals surface area contributed by atoms with Crippen LogP contribution in [0, 0.1) is 5.41 Å². The Labute approximate surface area is 104 Å². The number of Topliss-reactive ketones (excluding diaryl/α,β-unsaturated/α-hetero) is 1. The van der Waals surface area contributed by atoms with E-state index in [4.69, 9.17) is 0 Å². The Bertz CT molecular complexity index is 255. The Kier molecular flexibility index (Phi) is 4.47. The number of nitrogens with zero attached hydrogens (tertiary/aromatic N) is 1.